The minimum absolute atomic E-state index is 0.491. The largest absolute Gasteiger partial charge is 0.378 e. The summed E-state index contributed by atoms with van der Waals surface area (Å²) in [5.41, 5.74) is 0.894. The highest BCUT2D eigenvalue weighted by atomic mass is 79.9. The van der Waals surface area contributed by atoms with Crippen molar-refractivity contribution in [1.29, 1.82) is 0 Å². The molecular weight excluding hydrogens is 302 g/mol. The van der Waals surface area contributed by atoms with Gasteiger partial charge in [0.15, 0.2) is 0 Å². The van der Waals surface area contributed by atoms with Crippen molar-refractivity contribution in [3.05, 3.63) is 16.0 Å². The second-order valence-corrected chi connectivity index (χ2v) is 5.42. The summed E-state index contributed by atoms with van der Waals surface area (Å²) in [6.07, 6.45) is 0. The molecule has 0 spiro atoms. The van der Waals surface area contributed by atoms with Gasteiger partial charge in [-0.25, -0.2) is 9.97 Å². The molecule has 6 heteroatoms. The highest BCUT2D eigenvalue weighted by Gasteiger charge is 2.11. The van der Waals surface area contributed by atoms with Crippen LogP contribution >= 0.6 is 27.7 Å². The number of rotatable bonds is 7. The molecule has 0 radical (unpaired) electrons. The molecule has 1 aromatic rings. The van der Waals surface area contributed by atoms with Crippen LogP contribution in [0.1, 0.15) is 25.4 Å². The molecule has 1 aromatic heterocycles. The first-order chi connectivity index (χ1) is 8.22. The Balaban J connectivity index is 2.98. The molecule has 0 aliphatic carbocycles. The molecule has 4 nitrogen and oxygen atoms in total. The Kier molecular flexibility index (Phi) is 6.84. The molecule has 96 valence electrons. The van der Waals surface area contributed by atoms with Gasteiger partial charge < -0.3 is 10.1 Å². The van der Waals surface area contributed by atoms with E-state index in [2.05, 4.69) is 38.1 Å². The van der Waals surface area contributed by atoms with Gasteiger partial charge in [-0.05, 0) is 28.6 Å². The lowest BCUT2D eigenvalue weighted by molar-refractivity contribution is 0.180. The number of ether oxygens (including phenoxy) is 1. The van der Waals surface area contributed by atoms with Gasteiger partial charge in [0.1, 0.15) is 11.6 Å². The first-order valence-corrected chi connectivity index (χ1v) is 7.53. The lowest BCUT2D eigenvalue weighted by Crippen LogP contribution is -2.08. The molecular formula is C11H18BrN3OS. The number of aromatic nitrogens is 2. The van der Waals surface area contributed by atoms with Crippen LogP contribution in [0.3, 0.4) is 0 Å². The molecule has 0 fully saturated rings. The lowest BCUT2D eigenvalue weighted by Gasteiger charge is -2.11. The molecule has 0 saturated heterocycles. The zero-order chi connectivity index (χ0) is 12.7. The summed E-state index contributed by atoms with van der Waals surface area (Å²) in [7, 11) is 1.67. The third kappa shape index (κ3) is 4.44. The van der Waals surface area contributed by atoms with Crippen molar-refractivity contribution in [3.63, 3.8) is 0 Å². The molecule has 1 heterocycles. The third-order valence-corrected chi connectivity index (χ3v) is 3.73. The maximum absolute atomic E-state index is 5.15. The van der Waals surface area contributed by atoms with Gasteiger partial charge in [-0.3, -0.25) is 0 Å². The van der Waals surface area contributed by atoms with E-state index in [0.717, 1.165) is 39.9 Å². The predicted octanol–water partition coefficient (Wildman–Crippen LogP) is 3.07. The molecule has 0 amide bonds. The Morgan fingerprint density at radius 1 is 1.35 bits per heavy atom. The monoisotopic (exact) mass is 319 g/mol. The highest BCUT2D eigenvalue weighted by molar-refractivity contribution is 9.10. The van der Waals surface area contributed by atoms with Gasteiger partial charge in [0.2, 0.25) is 0 Å². The number of halogens is 1. The van der Waals surface area contributed by atoms with Crippen LogP contribution in [0.2, 0.25) is 0 Å². The van der Waals surface area contributed by atoms with E-state index >= 15 is 0 Å². The van der Waals surface area contributed by atoms with Gasteiger partial charge in [-0.2, -0.15) is 11.8 Å². The molecule has 0 bridgehead atoms. The van der Waals surface area contributed by atoms with E-state index in [1.165, 1.54) is 0 Å². The fourth-order valence-corrected chi connectivity index (χ4v) is 2.27. The van der Waals surface area contributed by atoms with E-state index in [4.69, 9.17) is 4.74 Å². The number of nitrogens with zero attached hydrogens (tertiary/aromatic N) is 2. The molecule has 0 aliphatic rings. The van der Waals surface area contributed by atoms with E-state index in [1.807, 2.05) is 18.7 Å². The normalized spacial score (nSPS) is 10.6. The molecule has 0 aliphatic heterocycles. The Labute approximate surface area is 115 Å². The van der Waals surface area contributed by atoms with Crippen molar-refractivity contribution < 1.29 is 4.74 Å². The van der Waals surface area contributed by atoms with E-state index in [1.54, 1.807) is 7.11 Å². The summed E-state index contributed by atoms with van der Waals surface area (Å²) in [6.45, 7) is 5.50. The minimum atomic E-state index is 0.491. The summed E-state index contributed by atoms with van der Waals surface area (Å²) in [5, 5.41) is 3.23. The number of thioether (sulfide) groups is 1. The van der Waals surface area contributed by atoms with Crippen LogP contribution in [-0.4, -0.2) is 29.4 Å². The molecule has 1 N–H and O–H groups in total. The van der Waals surface area contributed by atoms with Gasteiger partial charge in [-0.15, -0.1) is 0 Å². The SMILES string of the molecule is CCNc1nc(CSCC)nc(COC)c1Br. The van der Waals surface area contributed by atoms with Crippen molar-refractivity contribution in [3.8, 4) is 0 Å². The van der Waals surface area contributed by atoms with Gasteiger partial charge in [-0.1, -0.05) is 6.92 Å². The second-order valence-electron chi connectivity index (χ2n) is 3.35. The van der Waals surface area contributed by atoms with Crippen LogP contribution in [0.15, 0.2) is 4.47 Å². The molecule has 1 rings (SSSR count). The average Bonchev–Trinajstić information content (AvgIpc) is 2.32. The quantitative estimate of drug-likeness (QED) is 0.837. The highest BCUT2D eigenvalue weighted by Crippen LogP contribution is 2.25. The molecule has 0 unspecified atom stereocenters. The maximum Gasteiger partial charge on any atom is 0.144 e. The number of methoxy groups -OCH3 is 1. The fraction of sp³-hybridized carbons (Fsp3) is 0.636. The van der Waals surface area contributed by atoms with E-state index in [0.29, 0.717) is 6.61 Å². The molecule has 0 saturated carbocycles. The topological polar surface area (TPSA) is 47.0 Å². The zero-order valence-electron chi connectivity index (χ0n) is 10.4. The summed E-state index contributed by atoms with van der Waals surface area (Å²) < 4.78 is 6.04. The minimum Gasteiger partial charge on any atom is -0.378 e. The molecule has 17 heavy (non-hydrogen) atoms. The summed E-state index contributed by atoms with van der Waals surface area (Å²) >= 11 is 5.32. The van der Waals surface area contributed by atoms with Gasteiger partial charge in [0.05, 0.1) is 22.5 Å². The maximum atomic E-state index is 5.15. The van der Waals surface area contributed by atoms with Gasteiger partial charge in [0.25, 0.3) is 0 Å². The van der Waals surface area contributed by atoms with Crippen LogP contribution in [0.4, 0.5) is 5.82 Å². The Morgan fingerprint density at radius 2 is 2.12 bits per heavy atom. The summed E-state index contributed by atoms with van der Waals surface area (Å²) in [5.74, 6) is 3.60. The van der Waals surface area contributed by atoms with Crippen LogP contribution in [0, 0.1) is 0 Å². The smallest absolute Gasteiger partial charge is 0.144 e. The van der Waals surface area contributed by atoms with Crippen LogP contribution in [0.5, 0.6) is 0 Å². The first-order valence-electron chi connectivity index (χ1n) is 5.58. The average molecular weight is 320 g/mol. The second kappa shape index (κ2) is 7.89. The van der Waals surface area contributed by atoms with Gasteiger partial charge >= 0.3 is 0 Å². The van der Waals surface area contributed by atoms with Crippen molar-refractivity contribution in [2.45, 2.75) is 26.2 Å². The Morgan fingerprint density at radius 3 is 2.71 bits per heavy atom. The third-order valence-electron chi connectivity index (χ3n) is 2.03. The number of hydrogen-bond acceptors (Lipinski definition) is 5. The van der Waals surface area contributed by atoms with Crippen molar-refractivity contribution in [2.24, 2.45) is 0 Å². The fourth-order valence-electron chi connectivity index (χ4n) is 1.32. The van der Waals surface area contributed by atoms with Crippen LogP contribution in [-0.2, 0) is 17.1 Å². The Bertz CT molecular complexity index is 336. The Hall–Kier alpha value is -0.330. The molecule has 0 atom stereocenters. The van der Waals surface area contributed by atoms with Gasteiger partial charge in [0, 0.05) is 13.7 Å². The number of anilines is 1. The van der Waals surface area contributed by atoms with E-state index < -0.39 is 0 Å². The van der Waals surface area contributed by atoms with E-state index in [-0.39, 0.29) is 0 Å². The standard InChI is InChI=1S/C11H18BrN3OS/c1-4-13-11-10(12)8(6-16-3)14-9(15-11)7-17-5-2/h4-7H2,1-3H3,(H,13,14,15). The first kappa shape index (κ1) is 14.7. The number of hydrogen-bond donors (Lipinski definition) is 1. The molecule has 0 aromatic carbocycles. The zero-order valence-corrected chi connectivity index (χ0v) is 12.8. The predicted molar refractivity (Wildman–Crippen MR) is 76.4 cm³/mol. The number of nitrogens with one attached hydrogen (secondary N) is 1. The summed E-state index contributed by atoms with van der Waals surface area (Å²) in [4.78, 5) is 9.00. The van der Waals surface area contributed by atoms with Crippen molar-refractivity contribution >= 4 is 33.5 Å². The van der Waals surface area contributed by atoms with E-state index in [9.17, 15) is 0 Å². The van der Waals surface area contributed by atoms with Crippen LogP contribution in [0.25, 0.3) is 0 Å². The summed E-state index contributed by atoms with van der Waals surface area (Å²) in [6, 6.07) is 0. The van der Waals surface area contributed by atoms with Crippen molar-refractivity contribution in [2.75, 3.05) is 24.7 Å². The van der Waals surface area contributed by atoms with Crippen molar-refractivity contribution in [1.82, 2.24) is 9.97 Å². The lowest BCUT2D eigenvalue weighted by atomic mass is 10.4. The van der Waals surface area contributed by atoms with Crippen LogP contribution < -0.4 is 5.32 Å².